The second kappa shape index (κ2) is 4.30. The quantitative estimate of drug-likeness (QED) is 0.805. The molecule has 3 rings (SSSR count). The highest BCUT2D eigenvalue weighted by Gasteiger charge is 2.15. The summed E-state index contributed by atoms with van der Waals surface area (Å²) in [6.45, 7) is 3.30. The van der Waals surface area contributed by atoms with Gasteiger partial charge in [-0.25, -0.2) is 0 Å². The second-order valence-electron chi connectivity index (χ2n) is 4.58. The number of benzene rings is 1. The Hall–Kier alpha value is -1.67. The van der Waals surface area contributed by atoms with Crippen LogP contribution in [0.1, 0.15) is 24.1 Å². The van der Waals surface area contributed by atoms with Gasteiger partial charge in [0.2, 0.25) is 0 Å². The van der Waals surface area contributed by atoms with E-state index in [1.165, 1.54) is 22.3 Å². The molecule has 0 aliphatic carbocycles. The van der Waals surface area contributed by atoms with Crippen molar-refractivity contribution in [2.75, 3.05) is 6.54 Å². The van der Waals surface area contributed by atoms with Crippen molar-refractivity contribution in [1.29, 1.82) is 0 Å². The number of pyridine rings is 1. The van der Waals surface area contributed by atoms with Gasteiger partial charge >= 0.3 is 0 Å². The Labute approximate surface area is 102 Å². The van der Waals surface area contributed by atoms with Crippen molar-refractivity contribution in [3.63, 3.8) is 0 Å². The van der Waals surface area contributed by atoms with Crippen LogP contribution < -0.4 is 5.32 Å². The first-order valence-corrected chi connectivity index (χ1v) is 6.11. The number of rotatable bonds is 1. The van der Waals surface area contributed by atoms with Crippen LogP contribution in [0.4, 0.5) is 0 Å². The highest BCUT2D eigenvalue weighted by molar-refractivity contribution is 5.64. The molecule has 2 nitrogen and oxygen atoms in total. The minimum absolute atomic E-state index is 0.474. The first-order chi connectivity index (χ1) is 8.34. The predicted octanol–water partition coefficient (Wildman–Crippen LogP) is 2.96. The first-order valence-electron chi connectivity index (χ1n) is 6.11. The molecule has 0 fully saturated rings. The highest BCUT2D eigenvalue weighted by Crippen LogP contribution is 2.27. The summed E-state index contributed by atoms with van der Waals surface area (Å²) in [6.07, 6.45) is 4.86. The third kappa shape index (κ3) is 1.96. The Kier molecular flexibility index (Phi) is 2.65. The zero-order chi connectivity index (χ0) is 11.7. The number of hydrogen-bond acceptors (Lipinski definition) is 2. The van der Waals surface area contributed by atoms with Gasteiger partial charge in [0.15, 0.2) is 0 Å². The molecule has 1 N–H and O–H groups in total. The lowest BCUT2D eigenvalue weighted by Gasteiger charge is -2.24. The van der Waals surface area contributed by atoms with Gasteiger partial charge in [-0.2, -0.15) is 0 Å². The van der Waals surface area contributed by atoms with Crippen molar-refractivity contribution in [2.45, 2.75) is 19.4 Å². The van der Waals surface area contributed by atoms with E-state index in [2.05, 4.69) is 41.5 Å². The van der Waals surface area contributed by atoms with E-state index in [1.807, 2.05) is 18.5 Å². The molecule has 1 aliphatic rings. The predicted molar refractivity (Wildman–Crippen MR) is 69.8 cm³/mol. The maximum atomic E-state index is 4.18. The lowest BCUT2D eigenvalue weighted by molar-refractivity contribution is 0.541. The summed E-state index contributed by atoms with van der Waals surface area (Å²) in [7, 11) is 0. The van der Waals surface area contributed by atoms with Crippen LogP contribution >= 0.6 is 0 Å². The Morgan fingerprint density at radius 2 is 2.18 bits per heavy atom. The molecule has 2 aromatic rings. The highest BCUT2D eigenvalue weighted by atomic mass is 14.9. The minimum Gasteiger partial charge on any atom is -0.310 e. The summed E-state index contributed by atoms with van der Waals surface area (Å²) in [5.74, 6) is 0. The molecule has 0 spiro atoms. The van der Waals surface area contributed by atoms with Crippen molar-refractivity contribution in [2.24, 2.45) is 0 Å². The average molecular weight is 224 g/mol. The standard InChI is InChI=1S/C15H16N2/c1-11-15-5-4-12(9-13(15)6-8-17-11)14-3-2-7-16-10-14/h2-5,7,9-11,17H,6,8H2,1H3. The van der Waals surface area contributed by atoms with Gasteiger partial charge in [0.1, 0.15) is 0 Å². The molecule has 0 radical (unpaired) electrons. The van der Waals surface area contributed by atoms with Gasteiger partial charge in [0.05, 0.1) is 0 Å². The molecule has 1 aromatic carbocycles. The monoisotopic (exact) mass is 224 g/mol. The Morgan fingerprint density at radius 1 is 1.24 bits per heavy atom. The van der Waals surface area contributed by atoms with Crippen LogP contribution in [0.5, 0.6) is 0 Å². The molecule has 1 aromatic heterocycles. The topological polar surface area (TPSA) is 24.9 Å². The van der Waals surface area contributed by atoms with Crippen molar-refractivity contribution in [1.82, 2.24) is 10.3 Å². The van der Waals surface area contributed by atoms with Gasteiger partial charge in [-0.05, 0) is 48.2 Å². The molecule has 2 heteroatoms. The van der Waals surface area contributed by atoms with Crippen LogP contribution in [0.3, 0.4) is 0 Å². The third-order valence-corrected chi connectivity index (χ3v) is 3.45. The minimum atomic E-state index is 0.474. The van der Waals surface area contributed by atoms with E-state index < -0.39 is 0 Å². The fourth-order valence-corrected chi connectivity index (χ4v) is 2.49. The lowest BCUT2D eigenvalue weighted by Crippen LogP contribution is -2.27. The van der Waals surface area contributed by atoms with Gasteiger partial charge in [0, 0.05) is 18.4 Å². The summed E-state index contributed by atoms with van der Waals surface area (Å²) in [4.78, 5) is 4.18. The van der Waals surface area contributed by atoms with Crippen LogP contribution in [-0.2, 0) is 6.42 Å². The van der Waals surface area contributed by atoms with Crippen LogP contribution in [0.2, 0.25) is 0 Å². The molecule has 1 unspecified atom stereocenters. The molecule has 0 saturated carbocycles. The molecular formula is C15H16N2. The molecule has 0 saturated heterocycles. The fraction of sp³-hybridized carbons (Fsp3) is 0.267. The van der Waals surface area contributed by atoms with Crippen molar-refractivity contribution >= 4 is 0 Å². The zero-order valence-corrected chi connectivity index (χ0v) is 9.98. The number of aromatic nitrogens is 1. The van der Waals surface area contributed by atoms with Crippen molar-refractivity contribution in [3.05, 3.63) is 53.9 Å². The smallest absolute Gasteiger partial charge is 0.0346 e. The van der Waals surface area contributed by atoms with Gasteiger partial charge in [-0.15, -0.1) is 0 Å². The van der Waals surface area contributed by atoms with E-state index >= 15 is 0 Å². The molecular weight excluding hydrogens is 208 g/mol. The molecule has 1 aliphatic heterocycles. The summed E-state index contributed by atoms with van der Waals surface area (Å²) in [6, 6.07) is 11.3. The maximum absolute atomic E-state index is 4.18. The maximum Gasteiger partial charge on any atom is 0.0346 e. The number of nitrogens with one attached hydrogen (secondary N) is 1. The van der Waals surface area contributed by atoms with Gasteiger partial charge < -0.3 is 5.32 Å². The number of nitrogens with zero attached hydrogens (tertiary/aromatic N) is 1. The van der Waals surface area contributed by atoms with E-state index in [1.54, 1.807) is 0 Å². The Balaban J connectivity index is 2.04. The van der Waals surface area contributed by atoms with E-state index in [0.717, 1.165) is 13.0 Å². The normalized spacial score (nSPS) is 18.8. The number of fused-ring (bicyclic) bond motifs is 1. The summed E-state index contributed by atoms with van der Waals surface area (Å²) >= 11 is 0. The molecule has 1 atom stereocenters. The first kappa shape index (κ1) is 10.5. The summed E-state index contributed by atoms with van der Waals surface area (Å²) < 4.78 is 0. The SMILES string of the molecule is CC1NCCc2cc(-c3cccnc3)ccc21. The third-order valence-electron chi connectivity index (χ3n) is 3.45. The second-order valence-corrected chi connectivity index (χ2v) is 4.58. The molecule has 0 amide bonds. The van der Waals surface area contributed by atoms with E-state index in [-0.39, 0.29) is 0 Å². The number of hydrogen-bond donors (Lipinski definition) is 1. The van der Waals surface area contributed by atoms with Crippen molar-refractivity contribution < 1.29 is 0 Å². The summed E-state index contributed by atoms with van der Waals surface area (Å²) in [5.41, 5.74) is 5.37. The molecule has 0 bridgehead atoms. The fourth-order valence-electron chi connectivity index (χ4n) is 2.49. The van der Waals surface area contributed by atoms with Gasteiger partial charge in [0.25, 0.3) is 0 Å². The van der Waals surface area contributed by atoms with E-state index in [4.69, 9.17) is 0 Å². The molecule has 17 heavy (non-hydrogen) atoms. The van der Waals surface area contributed by atoms with Gasteiger partial charge in [-0.3, -0.25) is 4.98 Å². The van der Waals surface area contributed by atoms with Crippen LogP contribution in [0, 0.1) is 0 Å². The van der Waals surface area contributed by atoms with Crippen LogP contribution in [0.25, 0.3) is 11.1 Å². The van der Waals surface area contributed by atoms with Crippen LogP contribution in [-0.4, -0.2) is 11.5 Å². The largest absolute Gasteiger partial charge is 0.310 e. The average Bonchev–Trinajstić information content (AvgIpc) is 2.40. The lowest BCUT2D eigenvalue weighted by atomic mass is 9.92. The summed E-state index contributed by atoms with van der Waals surface area (Å²) in [5, 5.41) is 3.49. The molecule has 86 valence electrons. The zero-order valence-electron chi connectivity index (χ0n) is 9.98. The van der Waals surface area contributed by atoms with Crippen molar-refractivity contribution in [3.8, 4) is 11.1 Å². The van der Waals surface area contributed by atoms with E-state index in [0.29, 0.717) is 6.04 Å². The van der Waals surface area contributed by atoms with Gasteiger partial charge in [-0.1, -0.05) is 24.3 Å². The Bertz CT molecular complexity index is 520. The van der Waals surface area contributed by atoms with E-state index in [9.17, 15) is 0 Å². The van der Waals surface area contributed by atoms with Crippen LogP contribution in [0.15, 0.2) is 42.7 Å². The molecule has 2 heterocycles. The Morgan fingerprint density at radius 3 is 3.00 bits per heavy atom.